The van der Waals surface area contributed by atoms with Crippen LogP contribution in [-0.4, -0.2) is 48.2 Å². The Kier molecular flexibility index (Phi) is 3.64. The van der Waals surface area contributed by atoms with Crippen LogP contribution in [0.5, 0.6) is 0 Å². The molecule has 5 heteroatoms. The predicted octanol–water partition coefficient (Wildman–Crippen LogP) is 1.13. The number of hydrogen-bond donors (Lipinski definition) is 0. The Bertz CT molecular complexity index is 243. The van der Waals surface area contributed by atoms with Gasteiger partial charge >= 0.3 is 5.97 Å². The van der Waals surface area contributed by atoms with Crippen LogP contribution in [0.15, 0.2) is 0 Å². The van der Waals surface area contributed by atoms with Gasteiger partial charge in [-0.15, -0.1) is 0 Å². The Labute approximate surface area is 98.0 Å². The lowest BCUT2D eigenvalue weighted by atomic mass is 10.1. The summed E-state index contributed by atoms with van der Waals surface area (Å²) in [5.74, 6) is -0.211. The number of hydrogen-bond acceptors (Lipinski definition) is 4. The highest BCUT2D eigenvalue weighted by atomic mass is 79.9. The maximum Gasteiger partial charge on any atom is 0.323 e. The molecule has 0 aromatic rings. The molecule has 0 aromatic carbocycles. The van der Waals surface area contributed by atoms with E-state index in [0.717, 1.165) is 13.1 Å². The highest BCUT2D eigenvalue weighted by molar-refractivity contribution is 9.10. The van der Waals surface area contributed by atoms with Crippen LogP contribution in [0.25, 0.3) is 0 Å². The van der Waals surface area contributed by atoms with Gasteiger partial charge in [-0.2, -0.15) is 0 Å². The number of alkyl halides is 1. The number of esters is 1. The molecule has 0 aliphatic carbocycles. The van der Waals surface area contributed by atoms with E-state index in [-0.39, 0.29) is 16.8 Å². The van der Waals surface area contributed by atoms with Gasteiger partial charge in [-0.05, 0) is 25.9 Å². The van der Waals surface area contributed by atoms with Crippen LogP contribution in [0.3, 0.4) is 0 Å². The number of nitrogens with zero attached hydrogens (tertiary/aromatic N) is 1. The molecule has 0 amide bonds. The first kappa shape index (κ1) is 11.4. The van der Waals surface area contributed by atoms with Gasteiger partial charge in [0.15, 0.2) is 0 Å². The molecule has 0 saturated carbocycles. The maximum atomic E-state index is 11.4. The van der Waals surface area contributed by atoms with E-state index in [2.05, 4.69) is 20.8 Å². The molecular formula is C10H16BrNO3. The number of rotatable bonds is 2. The summed E-state index contributed by atoms with van der Waals surface area (Å²) in [6.45, 7) is 2.06. The lowest BCUT2D eigenvalue weighted by Crippen LogP contribution is -2.48. The number of carbonyl (C=O) groups is 1. The van der Waals surface area contributed by atoms with Crippen molar-refractivity contribution >= 4 is 21.9 Å². The largest absolute Gasteiger partial charge is 0.433 e. The molecule has 0 bridgehead atoms. The molecular weight excluding hydrogens is 262 g/mol. The Morgan fingerprint density at radius 1 is 1.40 bits per heavy atom. The summed E-state index contributed by atoms with van der Waals surface area (Å²) in [6.07, 6.45) is 3.25. The molecule has 3 unspecified atom stereocenters. The van der Waals surface area contributed by atoms with Crippen molar-refractivity contribution in [2.45, 2.75) is 36.4 Å². The van der Waals surface area contributed by atoms with Crippen molar-refractivity contribution in [3.05, 3.63) is 0 Å². The first-order valence-electron chi connectivity index (χ1n) is 5.35. The van der Waals surface area contributed by atoms with Crippen molar-refractivity contribution in [3.8, 4) is 0 Å². The second-order valence-electron chi connectivity index (χ2n) is 4.03. The summed E-state index contributed by atoms with van der Waals surface area (Å²) in [7, 11) is 1.58. The van der Waals surface area contributed by atoms with Gasteiger partial charge in [0.1, 0.15) is 4.83 Å². The maximum absolute atomic E-state index is 11.4. The van der Waals surface area contributed by atoms with Crippen molar-refractivity contribution in [1.82, 2.24) is 4.90 Å². The normalized spacial score (nSPS) is 38.0. The van der Waals surface area contributed by atoms with Crippen LogP contribution in [0.4, 0.5) is 0 Å². The summed E-state index contributed by atoms with van der Waals surface area (Å²) >= 11 is 3.39. The minimum absolute atomic E-state index is 0.0304. The summed E-state index contributed by atoms with van der Waals surface area (Å²) in [5, 5.41) is 0. The summed E-state index contributed by atoms with van der Waals surface area (Å²) in [6, 6.07) is 0.0304. The van der Waals surface area contributed by atoms with Crippen LogP contribution >= 0.6 is 15.9 Å². The summed E-state index contributed by atoms with van der Waals surface area (Å²) in [4.78, 5) is 13.5. The van der Waals surface area contributed by atoms with E-state index in [4.69, 9.17) is 9.47 Å². The zero-order chi connectivity index (χ0) is 10.8. The fourth-order valence-corrected chi connectivity index (χ4v) is 2.98. The SMILES string of the molecule is COC1OC(=O)C(Br)C1N1CCCCC1. The van der Waals surface area contributed by atoms with Crippen molar-refractivity contribution in [2.75, 3.05) is 20.2 Å². The average molecular weight is 278 g/mol. The molecule has 2 saturated heterocycles. The minimum Gasteiger partial charge on any atom is -0.433 e. The fraction of sp³-hybridized carbons (Fsp3) is 0.900. The van der Waals surface area contributed by atoms with Crippen LogP contribution in [0, 0.1) is 0 Å². The van der Waals surface area contributed by atoms with Gasteiger partial charge in [-0.1, -0.05) is 22.4 Å². The molecule has 2 heterocycles. The van der Waals surface area contributed by atoms with Gasteiger partial charge in [-0.25, -0.2) is 0 Å². The number of methoxy groups -OCH3 is 1. The highest BCUT2D eigenvalue weighted by Gasteiger charge is 2.46. The molecule has 4 nitrogen and oxygen atoms in total. The highest BCUT2D eigenvalue weighted by Crippen LogP contribution is 2.29. The van der Waals surface area contributed by atoms with Crippen LogP contribution < -0.4 is 0 Å². The summed E-state index contributed by atoms with van der Waals surface area (Å²) < 4.78 is 10.3. The average Bonchev–Trinajstić information content (AvgIpc) is 2.56. The van der Waals surface area contributed by atoms with Gasteiger partial charge in [0, 0.05) is 7.11 Å². The van der Waals surface area contributed by atoms with Gasteiger partial charge in [0.05, 0.1) is 6.04 Å². The smallest absolute Gasteiger partial charge is 0.323 e. The third kappa shape index (κ3) is 2.19. The topological polar surface area (TPSA) is 38.8 Å². The Balaban J connectivity index is 2.06. The molecule has 2 aliphatic heterocycles. The first-order valence-corrected chi connectivity index (χ1v) is 6.27. The van der Waals surface area contributed by atoms with Gasteiger partial charge < -0.3 is 9.47 Å². The Morgan fingerprint density at radius 3 is 2.67 bits per heavy atom. The van der Waals surface area contributed by atoms with Crippen LogP contribution in [0.2, 0.25) is 0 Å². The van der Waals surface area contributed by atoms with Crippen molar-refractivity contribution in [3.63, 3.8) is 0 Å². The van der Waals surface area contributed by atoms with E-state index in [1.165, 1.54) is 19.3 Å². The Hall–Kier alpha value is -0.130. The monoisotopic (exact) mass is 277 g/mol. The number of cyclic esters (lactones) is 1. The molecule has 0 aromatic heterocycles. The van der Waals surface area contributed by atoms with Gasteiger partial charge in [0.2, 0.25) is 6.29 Å². The standard InChI is InChI=1S/C10H16BrNO3/c1-14-10-8(7(11)9(13)15-10)12-5-3-2-4-6-12/h7-8,10H,2-6H2,1H3. The quantitative estimate of drug-likeness (QED) is 0.561. The van der Waals surface area contributed by atoms with Crippen molar-refractivity contribution < 1.29 is 14.3 Å². The molecule has 0 radical (unpaired) electrons. The Morgan fingerprint density at radius 2 is 2.07 bits per heavy atom. The number of carbonyl (C=O) groups excluding carboxylic acids is 1. The van der Waals surface area contributed by atoms with Crippen molar-refractivity contribution in [2.24, 2.45) is 0 Å². The number of likely N-dealkylation sites (tertiary alicyclic amines) is 1. The third-order valence-electron chi connectivity index (χ3n) is 3.08. The molecule has 15 heavy (non-hydrogen) atoms. The molecule has 2 aliphatic rings. The fourth-order valence-electron chi connectivity index (χ4n) is 2.29. The number of ether oxygens (including phenoxy) is 2. The minimum atomic E-state index is -0.417. The lowest BCUT2D eigenvalue weighted by Gasteiger charge is -2.34. The first-order chi connectivity index (χ1) is 7.24. The molecule has 3 atom stereocenters. The van der Waals surface area contributed by atoms with Crippen LogP contribution in [-0.2, 0) is 14.3 Å². The van der Waals surface area contributed by atoms with E-state index in [9.17, 15) is 4.79 Å². The second kappa shape index (κ2) is 4.80. The molecule has 0 N–H and O–H groups in total. The number of halogens is 1. The third-order valence-corrected chi connectivity index (χ3v) is 4.00. The van der Waals surface area contributed by atoms with E-state index in [1.54, 1.807) is 7.11 Å². The predicted molar refractivity (Wildman–Crippen MR) is 58.8 cm³/mol. The van der Waals surface area contributed by atoms with E-state index in [1.807, 2.05) is 0 Å². The second-order valence-corrected chi connectivity index (χ2v) is 5.02. The molecule has 0 spiro atoms. The van der Waals surface area contributed by atoms with Crippen LogP contribution in [0.1, 0.15) is 19.3 Å². The van der Waals surface area contributed by atoms with E-state index in [0.29, 0.717) is 0 Å². The molecule has 2 rings (SSSR count). The summed E-state index contributed by atoms with van der Waals surface area (Å²) in [5.41, 5.74) is 0. The number of piperidine rings is 1. The zero-order valence-electron chi connectivity index (χ0n) is 8.82. The lowest BCUT2D eigenvalue weighted by molar-refractivity contribution is -0.163. The zero-order valence-corrected chi connectivity index (χ0v) is 10.4. The van der Waals surface area contributed by atoms with Gasteiger partial charge in [-0.3, -0.25) is 9.69 Å². The van der Waals surface area contributed by atoms with E-state index >= 15 is 0 Å². The van der Waals surface area contributed by atoms with Crippen molar-refractivity contribution in [1.29, 1.82) is 0 Å². The molecule has 86 valence electrons. The molecule has 2 fully saturated rings. The van der Waals surface area contributed by atoms with E-state index < -0.39 is 6.29 Å². The van der Waals surface area contributed by atoms with Gasteiger partial charge in [0.25, 0.3) is 0 Å².